The van der Waals surface area contributed by atoms with Crippen LogP contribution in [0.5, 0.6) is 0 Å². The molecule has 7 nitrogen and oxygen atoms in total. The van der Waals surface area contributed by atoms with E-state index in [4.69, 9.17) is 4.42 Å². The third kappa shape index (κ3) is 4.32. The number of hydrazone groups is 1. The first-order valence-corrected chi connectivity index (χ1v) is 11.6. The van der Waals surface area contributed by atoms with Crippen molar-refractivity contribution in [3.05, 3.63) is 82.6 Å². The van der Waals surface area contributed by atoms with E-state index >= 15 is 0 Å². The molecule has 0 radical (unpaired) electrons. The van der Waals surface area contributed by atoms with Gasteiger partial charge in [-0.05, 0) is 41.3 Å². The molecule has 0 fully saturated rings. The lowest BCUT2D eigenvalue weighted by molar-refractivity contribution is -0.130. The van der Waals surface area contributed by atoms with Crippen molar-refractivity contribution in [2.75, 3.05) is 5.75 Å². The van der Waals surface area contributed by atoms with Crippen LogP contribution in [0, 0.1) is 5.82 Å². The summed E-state index contributed by atoms with van der Waals surface area (Å²) in [4.78, 5) is 18.1. The van der Waals surface area contributed by atoms with Gasteiger partial charge >= 0.3 is 0 Å². The van der Waals surface area contributed by atoms with E-state index < -0.39 is 0 Å². The largest absolute Gasteiger partial charge is 0.411 e. The van der Waals surface area contributed by atoms with E-state index in [9.17, 15) is 9.18 Å². The van der Waals surface area contributed by atoms with E-state index in [1.54, 1.807) is 48.0 Å². The maximum Gasteiger partial charge on any atom is 0.277 e. The highest BCUT2D eigenvalue weighted by Crippen LogP contribution is 2.35. The quantitative estimate of drug-likeness (QED) is 0.380. The number of hydrogen-bond donors (Lipinski definition) is 0. The number of pyridine rings is 1. The fraction of sp³-hybridized carbons (Fsp3) is 0.136. The summed E-state index contributed by atoms with van der Waals surface area (Å²) in [5.74, 6) is -0.0668. The van der Waals surface area contributed by atoms with Crippen LogP contribution in [0.25, 0.3) is 11.5 Å². The monoisotopic (exact) mass is 465 g/mol. The molecule has 0 saturated carbocycles. The van der Waals surface area contributed by atoms with Crippen LogP contribution >= 0.6 is 23.1 Å². The van der Waals surface area contributed by atoms with E-state index in [0.717, 1.165) is 33.5 Å². The van der Waals surface area contributed by atoms with E-state index in [1.165, 1.54) is 17.1 Å². The number of rotatable bonds is 6. The van der Waals surface area contributed by atoms with Gasteiger partial charge in [-0.3, -0.25) is 9.78 Å². The molecule has 0 aliphatic carbocycles. The fourth-order valence-electron chi connectivity index (χ4n) is 3.35. The molecule has 1 amide bonds. The molecule has 160 valence electrons. The first-order chi connectivity index (χ1) is 15.7. The zero-order valence-corrected chi connectivity index (χ0v) is 18.2. The minimum atomic E-state index is -0.319. The Morgan fingerprint density at radius 3 is 2.72 bits per heavy atom. The maximum atomic E-state index is 13.4. The van der Waals surface area contributed by atoms with Crippen LogP contribution in [-0.4, -0.2) is 37.6 Å². The molecule has 5 rings (SSSR count). The summed E-state index contributed by atoms with van der Waals surface area (Å²) in [5, 5.41) is 16.4. The molecule has 0 bridgehead atoms. The van der Waals surface area contributed by atoms with Crippen LogP contribution in [-0.2, 0) is 4.79 Å². The van der Waals surface area contributed by atoms with Gasteiger partial charge < -0.3 is 4.42 Å². The number of thioether (sulfide) groups is 1. The Labute approximate surface area is 191 Å². The number of thiophene rings is 1. The topological polar surface area (TPSA) is 84.5 Å². The molecule has 3 aromatic heterocycles. The SMILES string of the molecule is O=C(CSc1nnc(-c2ccncc2)o1)N1N=C(c2cccs2)C[C@H]1c1ccc(F)cc1. The number of amides is 1. The smallest absolute Gasteiger partial charge is 0.277 e. The van der Waals surface area contributed by atoms with Crippen molar-refractivity contribution in [1.29, 1.82) is 0 Å². The molecule has 4 heterocycles. The number of benzene rings is 1. The molecule has 4 aromatic rings. The van der Waals surface area contributed by atoms with Crippen molar-refractivity contribution < 1.29 is 13.6 Å². The first-order valence-electron chi connectivity index (χ1n) is 9.73. The van der Waals surface area contributed by atoms with E-state index in [2.05, 4.69) is 20.3 Å². The molecule has 0 unspecified atom stereocenters. The lowest BCUT2D eigenvalue weighted by atomic mass is 10.0. The number of halogens is 1. The Bertz CT molecular complexity index is 1240. The van der Waals surface area contributed by atoms with Crippen LogP contribution in [0.3, 0.4) is 0 Å². The van der Waals surface area contributed by atoms with E-state index in [-0.39, 0.29) is 23.5 Å². The van der Waals surface area contributed by atoms with Crippen molar-refractivity contribution in [3.63, 3.8) is 0 Å². The second-order valence-corrected chi connectivity index (χ2v) is 8.81. The molecule has 0 N–H and O–H groups in total. The standard InChI is InChI=1S/C22H16FN5O2S2/c23-16-5-3-14(4-6-16)18-12-17(19-2-1-11-31-19)27-28(18)20(29)13-32-22-26-25-21(30-22)15-7-9-24-10-8-15/h1-11,18H,12-13H2/t18-/m0/s1. The summed E-state index contributed by atoms with van der Waals surface area (Å²) in [5.41, 5.74) is 2.43. The van der Waals surface area contributed by atoms with Gasteiger partial charge in [-0.2, -0.15) is 5.10 Å². The van der Waals surface area contributed by atoms with Crippen LogP contribution in [0.1, 0.15) is 22.9 Å². The number of nitrogens with zero attached hydrogens (tertiary/aromatic N) is 5. The summed E-state index contributed by atoms with van der Waals surface area (Å²) < 4.78 is 19.1. The molecular weight excluding hydrogens is 449 g/mol. The highest BCUT2D eigenvalue weighted by Gasteiger charge is 2.33. The molecule has 1 aromatic carbocycles. The molecular formula is C22H16FN5O2S2. The summed E-state index contributed by atoms with van der Waals surface area (Å²) >= 11 is 2.73. The second-order valence-electron chi connectivity index (χ2n) is 6.93. The summed E-state index contributed by atoms with van der Waals surface area (Å²) in [6.07, 6.45) is 3.85. The zero-order valence-electron chi connectivity index (χ0n) is 16.6. The summed E-state index contributed by atoms with van der Waals surface area (Å²) in [6.45, 7) is 0. The molecule has 32 heavy (non-hydrogen) atoms. The van der Waals surface area contributed by atoms with Gasteiger partial charge in [0.15, 0.2) is 0 Å². The third-order valence-corrected chi connectivity index (χ3v) is 6.60. The van der Waals surface area contributed by atoms with Crippen LogP contribution in [0.15, 0.2) is 81.0 Å². The highest BCUT2D eigenvalue weighted by molar-refractivity contribution is 7.99. The molecule has 1 atom stereocenters. The average Bonchev–Trinajstić information content (AvgIpc) is 3.59. The van der Waals surface area contributed by atoms with Crippen molar-refractivity contribution in [2.45, 2.75) is 17.7 Å². The Balaban J connectivity index is 1.33. The first kappa shape index (κ1) is 20.5. The van der Waals surface area contributed by atoms with Gasteiger partial charge in [0, 0.05) is 24.4 Å². The molecule has 1 aliphatic rings. The number of hydrogen-bond acceptors (Lipinski definition) is 8. The minimum absolute atomic E-state index is 0.0803. The van der Waals surface area contributed by atoms with Gasteiger partial charge in [0.05, 0.1) is 22.4 Å². The average molecular weight is 466 g/mol. The normalized spacial score (nSPS) is 15.7. The van der Waals surface area contributed by atoms with Crippen LogP contribution < -0.4 is 0 Å². The van der Waals surface area contributed by atoms with E-state index in [1.807, 2.05) is 17.5 Å². The van der Waals surface area contributed by atoms with E-state index in [0.29, 0.717) is 17.5 Å². The second kappa shape index (κ2) is 9.01. The molecule has 1 aliphatic heterocycles. The van der Waals surface area contributed by atoms with Gasteiger partial charge in [-0.15, -0.1) is 21.5 Å². The zero-order chi connectivity index (χ0) is 21.9. The lowest BCUT2D eigenvalue weighted by Crippen LogP contribution is -2.28. The third-order valence-electron chi connectivity index (χ3n) is 4.88. The van der Waals surface area contributed by atoms with Gasteiger partial charge in [0.25, 0.3) is 11.1 Å². The Hall–Kier alpha value is -3.37. The Morgan fingerprint density at radius 1 is 1.16 bits per heavy atom. The molecule has 0 spiro atoms. The predicted octanol–water partition coefficient (Wildman–Crippen LogP) is 4.80. The van der Waals surface area contributed by atoms with Gasteiger partial charge in [-0.1, -0.05) is 30.0 Å². The van der Waals surface area contributed by atoms with Crippen molar-refractivity contribution in [3.8, 4) is 11.5 Å². The lowest BCUT2D eigenvalue weighted by Gasteiger charge is -2.21. The van der Waals surface area contributed by atoms with Crippen LogP contribution in [0.2, 0.25) is 0 Å². The van der Waals surface area contributed by atoms with Gasteiger partial charge in [-0.25, -0.2) is 9.40 Å². The molecule has 10 heteroatoms. The fourth-order valence-corrected chi connectivity index (χ4v) is 4.68. The van der Waals surface area contributed by atoms with Crippen molar-refractivity contribution in [2.24, 2.45) is 5.10 Å². The predicted molar refractivity (Wildman–Crippen MR) is 120 cm³/mol. The highest BCUT2D eigenvalue weighted by atomic mass is 32.2. The van der Waals surface area contributed by atoms with Crippen molar-refractivity contribution >= 4 is 34.7 Å². The minimum Gasteiger partial charge on any atom is -0.411 e. The van der Waals surface area contributed by atoms with Crippen LogP contribution in [0.4, 0.5) is 4.39 Å². The van der Waals surface area contributed by atoms with Crippen molar-refractivity contribution in [1.82, 2.24) is 20.2 Å². The summed E-state index contributed by atoms with van der Waals surface area (Å²) in [6, 6.07) is 13.4. The van der Waals surface area contributed by atoms with Gasteiger partial charge in [0.1, 0.15) is 5.82 Å². The van der Waals surface area contributed by atoms with Gasteiger partial charge in [0.2, 0.25) is 5.89 Å². The Morgan fingerprint density at radius 2 is 1.97 bits per heavy atom. The Kier molecular flexibility index (Phi) is 5.78. The number of carbonyl (C=O) groups excluding carboxylic acids is 1. The molecule has 0 saturated heterocycles. The number of aromatic nitrogens is 3. The summed E-state index contributed by atoms with van der Waals surface area (Å²) in [7, 11) is 0. The number of carbonyl (C=O) groups is 1. The maximum absolute atomic E-state index is 13.4.